The number of allylic oxidation sites excluding steroid dienone is 2. The summed E-state index contributed by atoms with van der Waals surface area (Å²) in [5, 5.41) is 0. The quantitative estimate of drug-likeness (QED) is 0.326. The van der Waals surface area contributed by atoms with Gasteiger partial charge in [-0.15, -0.1) is 0 Å². The molecule has 0 N–H and O–H groups in total. The van der Waals surface area contributed by atoms with Crippen LogP contribution >= 0.6 is 0 Å². The summed E-state index contributed by atoms with van der Waals surface area (Å²) < 4.78 is 0. The predicted molar refractivity (Wildman–Crippen MR) is 52.5 cm³/mol. The summed E-state index contributed by atoms with van der Waals surface area (Å²) in [7, 11) is 0.281. The Labute approximate surface area is 67.5 Å². The molecule has 0 saturated heterocycles. The molecule has 0 nitrogen and oxygen atoms in total. The molecule has 0 aromatic rings. The first kappa shape index (κ1) is 9.96. The van der Waals surface area contributed by atoms with Crippen molar-refractivity contribution in [3.05, 3.63) is 11.6 Å². The molecule has 0 spiro atoms. The Morgan fingerprint density at radius 2 is 2.10 bits per heavy atom. The van der Waals surface area contributed by atoms with E-state index in [1.165, 1.54) is 24.5 Å². The van der Waals surface area contributed by atoms with Crippen LogP contribution in [0.4, 0.5) is 0 Å². The largest absolute Gasteiger partial charge is 0.0891 e. The number of hydrogen-bond donors (Lipinski definition) is 0. The van der Waals surface area contributed by atoms with E-state index in [-0.39, 0.29) is 9.52 Å². The van der Waals surface area contributed by atoms with Gasteiger partial charge in [0.2, 0.25) is 0 Å². The van der Waals surface area contributed by atoms with E-state index in [0.29, 0.717) is 0 Å². The molecule has 0 aromatic carbocycles. The van der Waals surface area contributed by atoms with Gasteiger partial charge in [0.15, 0.2) is 0 Å². The van der Waals surface area contributed by atoms with Crippen LogP contribution in [0.15, 0.2) is 11.6 Å². The van der Waals surface area contributed by atoms with Crippen molar-refractivity contribution in [2.75, 3.05) is 0 Å². The van der Waals surface area contributed by atoms with Crippen LogP contribution in [0.5, 0.6) is 0 Å². The van der Waals surface area contributed by atoms with E-state index in [9.17, 15) is 0 Å². The molecule has 0 bridgehead atoms. The number of hydrogen-bond acceptors (Lipinski definition) is 0. The highest BCUT2D eigenvalue weighted by Gasteiger charge is 1.85. The van der Waals surface area contributed by atoms with Gasteiger partial charge in [0, 0.05) is 9.52 Å². The van der Waals surface area contributed by atoms with Gasteiger partial charge in [0.25, 0.3) is 0 Å². The van der Waals surface area contributed by atoms with Crippen LogP contribution in [0.1, 0.15) is 33.6 Å². The summed E-state index contributed by atoms with van der Waals surface area (Å²) in [6.07, 6.45) is 5.23. The Morgan fingerprint density at radius 1 is 1.40 bits per heavy atom. The zero-order valence-electron chi connectivity index (χ0n) is 7.61. The maximum atomic E-state index is 2.39. The van der Waals surface area contributed by atoms with Crippen molar-refractivity contribution >= 4 is 9.52 Å². The van der Waals surface area contributed by atoms with E-state index >= 15 is 0 Å². The highest BCUT2D eigenvalue weighted by atomic mass is 28.2. The summed E-state index contributed by atoms with van der Waals surface area (Å²) in [5.41, 5.74) is 1.49. The molecular weight excluding hydrogens is 136 g/mol. The van der Waals surface area contributed by atoms with E-state index in [4.69, 9.17) is 0 Å². The first-order valence-electron chi connectivity index (χ1n) is 4.40. The Kier molecular flexibility index (Phi) is 7.04. The van der Waals surface area contributed by atoms with Crippen LogP contribution in [-0.4, -0.2) is 9.52 Å². The zero-order valence-corrected chi connectivity index (χ0v) is 9.03. The Morgan fingerprint density at radius 3 is 2.60 bits per heavy atom. The molecule has 0 aliphatic carbocycles. The van der Waals surface area contributed by atoms with Crippen molar-refractivity contribution in [3.8, 4) is 0 Å². The lowest BCUT2D eigenvalue weighted by atomic mass is 10.3. The summed E-state index contributed by atoms with van der Waals surface area (Å²) in [6, 6.07) is 2.96. The summed E-state index contributed by atoms with van der Waals surface area (Å²) in [6.45, 7) is 6.65. The SMILES string of the molecule is CCCC[SiH2]CC=C(C)C. The Hall–Kier alpha value is -0.0431. The summed E-state index contributed by atoms with van der Waals surface area (Å²) in [5.74, 6) is 0. The Bertz CT molecular complexity index is 90.9. The second-order valence-corrected chi connectivity index (χ2v) is 5.12. The van der Waals surface area contributed by atoms with Crippen LogP contribution in [-0.2, 0) is 0 Å². The maximum Gasteiger partial charge on any atom is 0.0240 e. The molecule has 0 saturated carbocycles. The van der Waals surface area contributed by atoms with E-state index in [2.05, 4.69) is 26.8 Å². The topological polar surface area (TPSA) is 0 Å². The average molecular weight is 156 g/mol. The van der Waals surface area contributed by atoms with Crippen LogP contribution < -0.4 is 0 Å². The van der Waals surface area contributed by atoms with Crippen molar-refractivity contribution in [1.82, 2.24) is 0 Å². The monoisotopic (exact) mass is 156 g/mol. The van der Waals surface area contributed by atoms with Gasteiger partial charge in [0.1, 0.15) is 0 Å². The van der Waals surface area contributed by atoms with Gasteiger partial charge in [-0.3, -0.25) is 0 Å². The van der Waals surface area contributed by atoms with E-state index in [1.54, 1.807) is 6.04 Å². The fourth-order valence-electron chi connectivity index (χ4n) is 0.962. The second kappa shape index (κ2) is 7.07. The molecule has 1 heteroatoms. The van der Waals surface area contributed by atoms with Crippen molar-refractivity contribution in [2.45, 2.75) is 45.7 Å². The van der Waals surface area contributed by atoms with Crippen LogP contribution in [0, 0.1) is 0 Å². The Balaban J connectivity index is 2.98. The molecule has 0 aliphatic heterocycles. The molecule has 0 rings (SSSR count). The molecule has 0 unspecified atom stereocenters. The van der Waals surface area contributed by atoms with Crippen LogP contribution in [0.3, 0.4) is 0 Å². The zero-order chi connectivity index (χ0) is 7.82. The van der Waals surface area contributed by atoms with Crippen molar-refractivity contribution in [3.63, 3.8) is 0 Å². The van der Waals surface area contributed by atoms with Crippen LogP contribution in [0.2, 0.25) is 12.1 Å². The lowest BCUT2D eigenvalue weighted by Crippen LogP contribution is -1.85. The maximum absolute atomic E-state index is 2.39. The van der Waals surface area contributed by atoms with Gasteiger partial charge < -0.3 is 0 Å². The third kappa shape index (κ3) is 7.96. The van der Waals surface area contributed by atoms with E-state index in [1.807, 2.05) is 0 Å². The number of unbranched alkanes of at least 4 members (excludes halogenated alkanes) is 1. The van der Waals surface area contributed by atoms with Crippen molar-refractivity contribution in [1.29, 1.82) is 0 Å². The first-order valence-corrected chi connectivity index (χ1v) is 6.40. The van der Waals surface area contributed by atoms with Gasteiger partial charge in [-0.25, -0.2) is 0 Å². The van der Waals surface area contributed by atoms with Gasteiger partial charge in [-0.2, -0.15) is 0 Å². The molecule has 0 radical (unpaired) electrons. The molecular formula is C9H20Si. The summed E-state index contributed by atoms with van der Waals surface area (Å²) in [4.78, 5) is 0. The molecule has 0 aromatic heterocycles. The minimum absolute atomic E-state index is 0.281. The standard InChI is InChI=1S/C9H20Si/c1-4-5-7-10-8-6-9(2)3/h6H,4-5,7-8,10H2,1-3H3. The lowest BCUT2D eigenvalue weighted by Gasteiger charge is -1.93. The highest BCUT2D eigenvalue weighted by molar-refractivity contribution is 6.36. The molecule has 0 fully saturated rings. The van der Waals surface area contributed by atoms with E-state index < -0.39 is 0 Å². The fraction of sp³-hybridized carbons (Fsp3) is 0.778. The molecule has 0 atom stereocenters. The van der Waals surface area contributed by atoms with Gasteiger partial charge in [0.05, 0.1) is 0 Å². The predicted octanol–water partition coefficient (Wildman–Crippen LogP) is 2.76. The van der Waals surface area contributed by atoms with Crippen molar-refractivity contribution < 1.29 is 0 Å². The molecule has 0 aliphatic rings. The molecule has 10 heavy (non-hydrogen) atoms. The van der Waals surface area contributed by atoms with Gasteiger partial charge >= 0.3 is 0 Å². The van der Waals surface area contributed by atoms with Gasteiger partial charge in [-0.05, 0) is 19.9 Å². The molecule has 0 heterocycles. The van der Waals surface area contributed by atoms with Crippen LogP contribution in [0.25, 0.3) is 0 Å². The first-order chi connectivity index (χ1) is 4.77. The molecule has 60 valence electrons. The third-order valence-electron chi connectivity index (χ3n) is 1.61. The molecule has 0 amide bonds. The fourth-order valence-corrected chi connectivity index (χ4v) is 2.89. The third-order valence-corrected chi connectivity index (χ3v) is 3.31. The summed E-state index contributed by atoms with van der Waals surface area (Å²) >= 11 is 0. The van der Waals surface area contributed by atoms with Gasteiger partial charge in [-0.1, -0.05) is 37.5 Å². The number of rotatable bonds is 5. The van der Waals surface area contributed by atoms with Crippen molar-refractivity contribution in [2.24, 2.45) is 0 Å². The minimum Gasteiger partial charge on any atom is -0.0891 e. The second-order valence-electron chi connectivity index (χ2n) is 3.13. The minimum atomic E-state index is 0.281. The highest BCUT2D eigenvalue weighted by Crippen LogP contribution is 1.98. The lowest BCUT2D eigenvalue weighted by molar-refractivity contribution is 0.878. The normalized spacial score (nSPS) is 10.7. The van der Waals surface area contributed by atoms with E-state index in [0.717, 1.165) is 0 Å². The smallest absolute Gasteiger partial charge is 0.0240 e. The average Bonchev–Trinajstić information content (AvgIpc) is 1.87.